The molecule has 0 aromatic heterocycles. The summed E-state index contributed by atoms with van der Waals surface area (Å²) in [6.45, 7) is 4.44. The number of nitrogens with one attached hydrogen (secondary N) is 1. The average Bonchev–Trinajstić information content (AvgIpc) is 2.76. The minimum atomic E-state index is -1.63. The molecule has 0 bridgehead atoms. The second-order valence-electron chi connectivity index (χ2n) is 9.24. The first-order chi connectivity index (χ1) is 16.4. The van der Waals surface area contributed by atoms with Crippen LogP contribution in [0, 0.1) is 11.6 Å². The third kappa shape index (κ3) is 6.42. The standard InChI is InChI=1S/C26H29F3N2O4/c1-15-9-17-12-18(35-13-22(32)30-4)6-7-19(17)25(31(15)14-26(2,3)29)24-20(27)10-16(11-21(24)28)5-8-23(33)34/h5-8,10-12,15,25H,9,13-14H2,1-4H3,(H,30,32)(H,33,34)/b8-5+/t15-,25+/m1/s1. The Balaban J connectivity index is 2.10. The maximum atomic E-state index is 15.4. The summed E-state index contributed by atoms with van der Waals surface area (Å²) >= 11 is 0. The molecule has 0 saturated carbocycles. The fourth-order valence-corrected chi connectivity index (χ4v) is 4.34. The first-order valence-corrected chi connectivity index (χ1v) is 11.2. The van der Waals surface area contributed by atoms with Gasteiger partial charge in [-0.3, -0.25) is 9.69 Å². The van der Waals surface area contributed by atoms with Crippen molar-refractivity contribution in [1.29, 1.82) is 0 Å². The van der Waals surface area contributed by atoms with Crippen LogP contribution in [0.2, 0.25) is 0 Å². The number of benzene rings is 2. The molecule has 0 unspecified atom stereocenters. The maximum absolute atomic E-state index is 15.4. The molecule has 0 fully saturated rings. The number of aliphatic carboxylic acids is 1. The van der Waals surface area contributed by atoms with E-state index in [0.717, 1.165) is 29.8 Å². The highest BCUT2D eigenvalue weighted by Gasteiger charge is 2.39. The third-order valence-corrected chi connectivity index (χ3v) is 5.82. The molecule has 1 amide bonds. The number of rotatable bonds is 8. The van der Waals surface area contributed by atoms with Crippen molar-refractivity contribution in [2.75, 3.05) is 20.2 Å². The predicted octanol–water partition coefficient (Wildman–Crippen LogP) is 4.27. The van der Waals surface area contributed by atoms with Crippen molar-refractivity contribution < 1.29 is 32.6 Å². The summed E-state index contributed by atoms with van der Waals surface area (Å²) in [6, 6.07) is 5.98. The van der Waals surface area contributed by atoms with E-state index in [-0.39, 0.29) is 36.2 Å². The van der Waals surface area contributed by atoms with Crippen molar-refractivity contribution in [3.05, 3.63) is 70.3 Å². The predicted molar refractivity (Wildman–Crippen MR) is 126 cm³/mol. The van der Waals surface area contributed by atoms with Gasteiger partial charge >= 0.3 is 5.97 Å². The van der Waals surface area contributed by atoms with Crippen LogP contribution < -0.4 is 10.1 Å². The van der Waals surface area contributed by atoms with E-state index < -0.39 is 29.3 Å². The summed E-state index contributed by atoms with van der Waals surface area (Å²) in [7, 11) is 1.50. The van der Waals surface area contributed by atoms with E-state index in [0.29, 0.717) is 17.7 Å². The zero-order valence-electron chi connectivity index (χ0n) is 20.1. The molecule has 2 aromatic carbocycles. The molecule has 0 spiro atoms. The van der Waals surface area contributed by atoms with Crippen molar-refractivity contribution in [2.24, 2.45) is 0 Å². The van der Waals surface area contributed by atoms with Crippen molar-refractivity contribution in [2.45, 2.75) is 44.9 Å². The number of likely N-dealkylation sites (N-methyl/N-ethyl adjacent to an activating group) is 1. The number of alkyl halides is 1. The molecule has 0 radical (unpaired) electrons. The van der Waals surface area contributed by atoms with Crippen LogP contribution in [0.3, 0.4) is 0 Å². The summed E-state index contributed by atoms with van der Waals surface area (Å²) < 4.78 is 51.0. The minimum absolute atomic E-state index is 0.0607. The van der Waals surface area contributed by atoms with Crippen molar-refractivity contribution in [1.82, 2.24) is 10.2 Å². The number of fused-ring (bicyclic) bond motifs is 1. The lowest BCUT2D eigenvalue weighted by Crippen LogP contribution is -2.48. The van der Waals surface area contributed by atoms with Crippen molar-refractivity contribution in [3.63, 3.8) is 0 Å². The van der Waals surface area contributed by atoms with Crippen LogP contribution in [0.15, 0.2) is 36.4 Å². The molecule has 0 saturated heterocycles. The summed E-state index contributed by atoms with van der Waals surface area (Å²) in [5.41, 5.74) is -0.429. The summed E-state index contributed by atoms with van der Waals surface area (Å²) in [5.74, 6) is -2.82. The fourth-order valence-electron chi connectivity index (χ4n) is 4.34. The topological polar surface area (TPSA) is 78.9 Å². The Morgan fingerprint density at radius 3 is 2.46 bits per heavy atom. The largest absolute Gasteiger partial charge is 0.484 e. The van der Waals surface area contributed by atoms with Crippen LogP contribution in [0.5, 0.6) is 5.75 Å². The Labute approximate surface area is 202 Å². The number of hydrogen-bond acceptors (Lipinski definition) is 4. The first kappa shape index (κ1) is 26.3. The van der Waals surface area contributed by atoms with Gasteiger partial charge in [-0.2, -0.15) is 0 Å². The Bertz CT molecular complexity index is 1120. The van der Waals surface area contributed by atoms with Crippen LogP contribution in [0.25, 0.3) is 6.08 Å². The SMILES string of the molecule is CNC(=O)COc1ccc2c(c1)C[C@@H](C)N(CC(C)(C)F)[C@@H]2c1c(F)cc(/C=C/C(=O)O)cc1F. The summed E-state index contributed by atoms with van der Waals surface area (Å²) in [4.78, 5) is 24.0. The second-order valence-corrected chi connectivity index (χ2v) is 9.24. The molecule has 2 aromatic rings. The van der Waals surface area contributed by atoms with Crippen LogP contribution in [0.4, 0.5) is 13.2 Å². The van der Waals surface area contributed by atoms with Gasteiger partial charge in [0.25, 0.3) is 5.91 Å². The lowest BCUT2D eigenvalue weighted by molar-refractivity contribution is -0.131. The quantitative estimate of drug-likeness (QED) is 0.541. The normalized spacial score (nSPS) is 18.4. The number of nitrogens with zero attached hydrogens (tertiary/aromatic N) is 1. The molecule has 6 nitrogen and oxygen atoms in total. The number of carboxylic acids is 1. The molecule has 9 heteroatoms. The van der Waals surface area contributed by atoms with Gasteiger partial charge in [0.2, 0.25) is 0 Å². The number of carbonyl (C=O) groups excluding carboxylic acids is 1. The van der Waals surface area contributed by atoms with Crippen LogP contribution in [-0.4, -0.2) is 53.8 Å². The number of halogens is 3. The van der Waals surface area contributed by atoms with E-state index in [1.807, 2.05) is 6.92 Å². The Hall–Kier alpha value is -3.33. The highest BCUT2D eigenvalue weighted by atomic mass is 19.1. The average molecular weight is 491 g/mol. The van der Waals surface area contributed by atoms with Crippen molar-refractivity contribution in [3.8, 4) is 5.75 Å². The highest BCUT2D eigenvalue weighted by Crippen LogP contribution is 2.42. The Morgan fingerprint density at radius 2 is 1.89 bits per heavy atom. The van der Waals surface area contributed by atoms with Gasteiger partial charge in [-0.1, -0.05) is 6.07 Å². The molecule has 0 aliphatic carbocycles. The molecule has 2 N–H and O–H groups in total. The molecule has 1 heterocycles. The number of amides is 1. The van der Waals surface area contributed by atoms with Gasteiger partial charge in [0.15, 0.2) is 6.61 Å². The van der Waals surface area contributed by atoms with E-state index in [2.05, 4.69) is 5.32 Å². The molecule has 2 atom stereocenters. The monoisotopic (exact) mass is 490 g/mol. The molecular formula is C26H29F3N2O4. The molecule has 1 aliphatic heterocycles. The van der Waals surface area contributed by atoms with Gasteiger partial charge in [0.05, 0.1) is 6.04 Å². The molecule has 3 rings (SSSR count). The number of carbonyl (C=O) groups is 2. The molecule has 35 heavy (non-hydrogen) atoms. The van der Waals surface area contributed by atoms with E-state index in [1.54, 1.807) is 23.1 Å². The molecule has 1 aliphatic rings. The lowest BCUT2D eigenvalue weighted by atomic mass is 9.83. The van der Waals surface area contributed by atoms with E-state index in [4.69, 9.17) is 9.84 Å². The van der Waals surface area contributed by atoms with Gasteiger partial charge in [-0.05, 0) is 74.2 Å². The molecule has 188 valence electrons. The van der Waals surface area contributed by atoms with E-state index in [9.17, 15) is 14.0 Å². The second kappa shape index (κ2) is 10.5. The maximum Gasteiger partial charge on any atom is 0.328 e. The van der Waals surface area contributed by atoms with E-state index in [1.165, 1.54) is 20.9 Å². The van der Waals surface area contributed by atoms with Crippen LogP contribution in [0.1, 0.15) is 49.1 Å². The van der Waals surface area contributed by atoms with Gasteiger partial charge in [-0.25, -0.2) is 18.0 Å². The van der Waals surface area contributed by atoms with Crippen LogP contribution >= 0.6 is 0 Å². The van der Waals surface area contributed by atoms with Gasteiger partial charge in [0, 0.05) is 31.3 Å². The number of ether oxygens (including phenoxy) is 1. The Morgan fingerprint density at radius 1 is 1.23 bits per heavy atom. The zero-order valence-corrected chi connectivity index (χ0v) is 20.1. The highest BCUT2D eigenvalue weighted by molar-refractivity contribution is 5.85. The van der Waals surface area contributed by atoms with E-state index >= 15 is 8.78 Å². The van der Waals surface area contributed by atoms with Gasteiger partial charge < -0.3 is 15.2 Å². The lowest BCUT2D eigenvalue weighted by Gasteiger charge is -2.44. The fraction of sp³-hybridized carbons (Fsp3) is 0.385. The minimum Gasteiger partial charge on any atom is -0.484 e. The Kier molecular flexibility index (Phi) is 7.90. The zero-order chi connectivity index (χ0) is 25.9. The molecular weight excluding hydrogens is 461 g/mol. The number of carboxylic acid groups (broad SMARTS) is 1. The van der Waals surface area contributed by atoms with Crippen molar-refractivity contribution >= 4 is 18.0 Å². The third-order valence-electron chi connectivity index (χ3n) is 5.82. The van der Waals surface area contributed by atoms with Gasteiger partial charge in [0.1, 0.15) is 23.1 Å². The first-order valence-electron chi connectivity index (χ1n) is 11.2. The number of hydrogen-bond donors (Lipinski definition) is 2. The summed E-state index contributed by atoms with van der Waals surface area (Å²) in [6.07, 6.45) is 2.39. The summed E-state index contributed by atoms with van der Waals surface area (Å²) in [5, 5.41) is 11.3. The smallest absolute Gasteiger partial charge is 0.328 e. The van der Waals surface area contributed by atoms with Gasteiger partial charge in [-0.15, -0.1) is 0 Å². The van der Waals surface area contributed by atoms with Crippen LogP contribution in [-0.2, 0) is 16.0 Å².